The van der Waals surface area contributed by atoms with Crippen LogP contribution in [-0.2, 0) is 16.0 Å². The molecule has 0 bridgehead atoms. The van der Waals surface area contributed by atoms with Gasteiger partial charge in [0.15, 0.2) is 0 Å². The summed E-state index contributed by atoms with van der Waals surface area (Å²) in [6.07, 6.45) is 4.74. The zero-order valence-corrected chi connectivity index (χ0v) is 13.4. The van der Waals surface area contributed by atoms with Crippen molar-refractivity contribution in [3.05, 3.63) is 77.4 Å². The molecule has 0 fully saturated rings. The number of hydrogen-bond acceptors (Lipinski definition) is 2. The summed E-state index contributed by atoms with van der Waals surface area (Å²) in [6.45, 7) is 0.516. The molecule has 0 saturated carbocycles. The molecule has 0 aromatic heterocycles. The highest BCUT2D eigenvalue weighted by Crippen LogP contribution is 2.30. The van der Waals surface area contributed by atoms with Crippen LogP contribution in [0.4, 0.5) is 0 Å². The van der Waals surface area contributed by atoms with Gasteiger partial charge in [0, 0.05) is 13.0 Å². The number of carbonyl (C=O) groups is 2. The summed E-state index contributed by atoms with van der Waals surface area (Å²) in [4.78, 5) is 26.1. The Bertz CT molecular complexity index is 768. The third-order valence-corrected chi connectivity index (χ3v) is 4.28. The van der Waals surface area contributed by atoms with Gasteiger partial charge in [-0.15, -0.1) is 0 Å². The van der Waals surface area contributed by atoms with Crippen molar-refractivity contribution in [3.63, 3.8) is 0 Å². The van der Waals surface area contributed by atoms with Crippen LogP contribution in [-0.4, -0.2) is 23.3 Å². The van der Waals surface area contributed by atoms with Gasteiger partial charge in [0.2, 0.25) is 11.8 Å². The number of hydrogen-bond donors (Lipinski definition) is 1. The maximum Gasteiger partial charge on any atom is 0.244 e. The highest BCUT2D eigenvalue weighted by atomic mass is 16.2. The first-order valence-electron chi connectivity index (χ1n) is 8.05. The van der Waals surface area contributed by atoms with Gasteiger partial charge in [-0.3, -0.25) is 9.59 Å². The lowest BCUT2D eigenvalue weighted by Crippen LogP contribution is -2.45. The van der Waals surface area contributed by atoms with Crippen LogP contribution in [0.5, 0.6) is 0 Å². The maximum atomic E-state index is 12.6. The Morgan fingerprint density at radius 1 is 1.08 bits per heavy atom. The Labute approximate surface area is 141 Å². The van der Waals surface area contributed by atoms with Gasteiger partial charge in [-0.05, 0) is 23.1 Å². The van der Waals surface area contributed by atoms with Crippen LogP contribution in [0.3, 0.4) is 0 Å². The van der Waals surface area contributed by atoms with Crippen molar-refractivity contribution in [1.82, 2.24) is 4.90 Å². The molecule has 1 heterocycles. The quantitative estimate of drug-likeness (QED) is 0.941. The molecule has 24 heavy (non-hydrogen) atoms. The Kier molecular flexibility index (Phi) is 4.75. The van der Waals surface area contributed by atoms with E-state index >= 15 is 0 Å². The maximum absolute atomic E-state index is 12.6. The third-order valence-electron chi connectivity index (χ3n) is 4.28. The average Bonchev–Trinajstić information content (AvgIpc) is 2.61. The van der Waals surface area contributed by atoms with Gasteiger partial charge in [0.25, 0.3) is 0 Å². The summed E-state index contributed by atoms with van der Waals surface area (Å²) < 4.78 is 0. The number of benzene rings is 2. The molecular weight excluding hydrogens is 300 g/mol. The zero-order chi connectivity index (χ0) is 16.9. The van der Waals surface area contributed by atoms with E-state index in [1.807, 2.05) is 66.7 Å². The highest BCUT2D eigenvalue weighted by molar-refractivity contribution is 5.89. The van der Waals surface area contributed by atoms with E-state index in [4.69, 9.17) is 5.73 Å². The normalized spacial score (nSPS) is 16.8. The summed E-state index contributed by atoms with van der Waals surface area (Å²) in [5, 5.41) is 0. The molecule has 0 spiro atoms. The van der Waals surface area contributed by atoms with Crippen molar-refractivity contribution in [2.45, 2.75) is 18.9 Å². The minimum atomic E-state index is -0.674. The fourth-order valence-electron chi connectivity index (χ4n) is 3.12. The van der Waals surface area contributed by atoms with Crippen molar-refractivity contribution in [2.24, 2.45) is 5.73 Å². The summed E-state index contributed by atoms with van der Waals surface area (Å²) in [7, 11) is 0. The van der Waals surface area contributed by atoms with Crippen molar-refractivity contribution < 1.29 is 9.59 Å². The van der Waals surface area contributed by atoms with Crippen LogP contribution in [0.25, 0.3) is 6.08 Å². The van der Waals surface area contributed by atoms with Crippen LogP contribution in [0.2, 0.25) is 0 Å². The van der Waals surface area contributed by atoms with Gasteiger partial charge in [-0.2, -0.15) is 0 Å². The summed E-state index contributed by atoms with van der Waals surface area (Å²) in [5.74, 6) is -0.567. The van der Waals surface area contributed by atoms with Crippen molar-refractivity contribution in [3.8, 4) is 0 Å². The van der Waals surface area contributed by atoms with E-state index in [0.717, 1.165) is 23.1 Å². The molecule has 0 saturated heterocycles. The SMILES string of the molecule is NC(=O)C1c2ccccc2CCN1C(=O)CC=Cc1ccccc1. The Balaban J connectivity index is 1.75. The van der Waals surface area contributed by atoms with E-state index in [-0.39, 0.29) is 12.3 Å². The molecule has 4 heteroatoms. The smallest absolute Gasteiger partial charge is 0.244 e. The minimum Gasteiger partial charge on any atom is -0.368 e. The molecule has 1 unspecified atom stereocenters. The number of nitrogens with two attached hydrogens (primary N) is 1. The largest absolute Gasteiger partial charge is 0.368 e. The Hall–Kier alpha value is -2.88. The summed E-state index contributed by atoms with van der Waals surface area (Å²) in [5.41, 5.74) is 8.55. The lowest BCUT2D eigenvalue weighted by molar-refractivity contribution is -0.139. The minimum absolute atomic E-state index is 0.0829. The molecule has 4 nitrogen and oxygen atoms in total. The third kappa shape index (κ3) is 3.38. The van der Waals surface area contributed by atoms with E-state index in [1.165, 1.54) is 0 Å². The molecule has 3 rings (SSSR count). The number of fused-ring (bicyclic) bond motifs is 1. The molecule has 1 aliphatic rings. The van der Waals surface area contributed by atoms with E-state index in [0.29, 0.717) is 6.54 Å². The molecule has 0 aliphatic carbocycles. The molecule has 1 atom stereocenters. The number of rotatable bonds is 4. The van der Waals surface area contributed by atoms with E-state index in [2.05, 4.69) is 0 Å². The zero-order valence-electron chi connectivity index (χ0n) is 13.4. The van der Waals surface area contributed by atoms with Crippen LogP contribution < -0.4 is 5.73 Å². The first-order chi connectivity index (χ1) is 11.7. The van der Waals surface area contributed by atoms with Gasteiger partial charge >= 0.3 is 0 Å². The molecule has 2 aromatic rings. The molecule has 0 radical (unpaired) electrons. The molecule has 2 aromatic carbocycles. The van der Waals surface area contributed by atoms with Crippen LogP contribution >= 0.6 is 0 Å². The second-order valence-corrected chi connectivity index (χ2v) is 5.86. The van der Waals surface area contributed by atoms with Gasteiger partial charge in [-0.1, -0.05) is 66.7 Å². The fraction of sp³-hybridized carbons (Fsp3) is 0.200. The second kappa shape index (κ2) is 7.13. The molecule has 122 valence electrons. The first-order valence-corrected chi connectivity index (χ1v) is 8.05. The monoisotopic (exact) mass is 320 g/mol. The molecule has 2 N–H and O–H groups in total. The summed E-state index contributed by atoms with van der Waals surface area (Å²) >= 11 is 0. The Morgan fingerprint density at radius 2 is 1.79 bits per heavy atom. The van der Waals surface area contributed by atoms with E-state index in [9.17, 15) is 9.59 Å². The standard InChI is InChI=1S/C20H20N2O2/c21-20(24)19-17-11-5-4-10-16(17)13-14-22(19)18(23)12-6-9-15-7-2-1-3-8-15/h1-11,19H,12-14H2,(H2,21,24). The number of nitrogens with zero attached hydrogens (tertiary/aromatic N) is 1. The Morgan fingerprint density at radius 3 is 2.54 bits per heavy atom. The van der Waals surface area contributed by atoms with Crippen LogP contribution in [0, 0.1) is 0 Å². The van der Waals surface area contributed by atoms with Gasteiger partial charge in [0.1, 0.15) is 6.04 Å². The number of amides is 2. The van der Waals surface area contributed by atoms with Gasteiger partial charge in [0.05, 0.1) is 0 Å². The first kappa shape index (κ1) is 16.0. The highest BCUT2D eigenvalue weighted by Gasteiger charge is 2.33. The van der Waals surface area contributed by atoms with Crippen molar-refractivity contribution >= 4 is 17.9 Å². The lowest BCUT2D eigenvalue weighted by atomic mass is 9.92. The predicted molar refractivity (Wildman–Crippen MR) is 93.9 cm³/mol. The van der Waals surface area contributed by atoms with E-state index in [1.54, 1.807) is 4.90 Å². The van der Waals surface area contributed by atoms with Crippen LogP contribution in [0.15, 0.2) is 60.7 Å². The molecule has 1 aliphatic heterocycles. The predicted octanol–water partition coefficient (Wildman–Crippen LogP) is 2.70. The number of primary amides is 1. The number of carbonyl (C=O) groups excluding carboxylic acids is 2. The second-order valence-electron chi connectivity index (χ2n) is 5.86. The van der Waals surface area contributed by atoms with Crippen LogP contribution in [0.1, 0.15) is 29.2 Å². The van der Waals surface area contributed by atoms with Gasteiger partial charge < -0.3 is 10.6 Å². The fourth-order valence-corrected chi connectivity index (χ4v) is 3.12. The molecule has 2 amide bonds. The topological polar surface area (TPSA) is 63.4 Å². The van der Waals surface area contributed by atoms with Crippen molar-refractivity contribution in [1.29, 1.82) is 0 Å². The van der Waals surface area contributed by atoms with Crippen molar-refractivity contribution in [2.75, 3.05) is 6.54 Å². The summed E-state index contributed by atoms with van der Waals surface area (Å²) in [6, 6.07) is 16.8. The van der Waals surface area contributed by atoms with Gasteiger partial charge in [-0.25, -0.2) is 0 Å². The average molecular weight is 320 g/mol. The van der Waals surface area contributed by atoms with E-state index < -0.39 is 11.9 Å². The lowest BCUT2D eigenvalue weighted by Gasteiger charge is -2.35. The molecular formula is C20H20N2O2.